The van der Waals surface area contributed by atoms with Crippen LogP contribution < -0.4 is 11.2 Å². The fraction of sp³-hybridized carbons (Fsp3) is 0.100. The maximum atomic E-state index is 12.5. The molecule has 0 aliphatic heterocycles. The Kier molecular flexibility index (Phi) is 2.47. The summed E-state index contributed by atoms with van der Waals surface area (Å²) in [5.41, 5.74) is -3.61. The normalized spacial score (nSPS) is 11.4. The molecule has 0 saturated heterocycles. The number of fused-ring (bicyclic) bond motifs is 1. The second-order valence-corrected chi connectivity index (χ2v) is 3.46. The van der Waals surface area contributed by atoms with E-state index in [1.165, 1.54) is 6.07 Å². The van der Waals surface area contributed by atoms with Crippen molar-refractivity contribution in [1.29, 1.82) is 5.26 Å². The highest BCUT2D eigenvalue weighted by atomic mass is 19.4. The van der Waals surface area contributed by atoms with Crippen molar-refractivity contribution in [3.8, 4) is 6.07 Å². The highest BCUT2D eigenvalue weighted by Crippen LogP contribution is 2.31. The molecule has 5 nitrogen and oxygen atoms in total. The lowest BCUT2D eigenvalue weighted by Gasteiger charge is -2.08. The number of nitrogens with zero attached hydrogens (tertiary/aromatic N) is 1. The van der Waals surface area contributed by atoms with Gasteiger partial charge in [-0.25, -0.2) is 4.79 Å². The maximum Gasteiger partial charge on any atom is 0.416 e. The number of hydrogen-bond donors (Lipinski definition) is 2. The van der Waals surface area contributed by atoms with E-state index in [-0.39, 0.29) is 10.9 Å². The van der Waals surface area contributed by atoms with Crippen molar-refractivity contribution in [3.63, 3.8) is 0 Å². The minimum absolute atomic E-state index is 0.209. The van der Waals surface area contributed by atoms with Gasteiger partial charge < -0.3 is 4.98 Å². The molecule has 0 aliphatic rings. The van der Waals surface area contributed by atoms with Gasteiger partial charge in [0.1, 0.15) is 6.07 Å². The summed E-state index contributed by atoms with van der Waals surface area (Å²) in [5, 5.41) is 8.37. The lowest BCUT2D eigenvalue weighted by molar-refractivity contribution is -0.137. The van der Waals surface area contributed by atoms with Crippen LogP contribution in [0.15, 0.2) is 21.7 Å². The molecule has 0 bridgehead atoms. The van der Waals surface area contributed by atoms with Gasteiger partial charge in [0.2, 0.25) is 0 Å². The number of aromatic amines is 2. The average Bonchev–Trinajstić information content (AvgIpc) is 2.26. The van der Waals surface area contributed by atoms with E-state index in [0.717, 1.165) is 0 Å². The van der Waals surface area contributed by atoms with Crippen LogP contribution in [-0.4, -0.2) is 9.97 Å². The number of benzene rings is 1. The number of rotatable bonds is 0. The summed E-state index contributed by atoms with van der Waals surface area (Å²) in [4.78, 5) is 26.3. The van der Waals surface area contributed by atoms with Gasteiger partial charge in [-0.05, 0) is 12.1 Å². The smallest absolute Gasteiger partial charge is 0.306 e. The number of aromatic nitrogens is 2. The number of nitrogens with one attached hydrogen (secondary N) is 2. The van der Waals surface area contributed by atoms with E-state index in [9.17, 15) is 22.8 Å². The highest BCUT2D eigenvalue weighted by Gasteiger charge is 2.31. The summed E-state index contributed by atoms with van der Waals surface area (Å²) >= 11 is 0. The zero-order chi connectivity index (χ0) is 13.5. The third kappa shape index (κ3) is 1.86. The summed E-state index contributed by atoms with van der Waals surface area (Å²) in [7, 11) is 0. The largest absolute Gasteiger partial charge is 0.416 e. The number of alkyl halides is 3. The number of H-pyrrole nitrogens is 2. The van der Waals surface area contributed by atoms with Crippen LogP contribution >= 0.6 is 0 Å². The van der Waals surface area contributed by atoms with Crippen molar-refractivity contribution in [2.75, 3.05) is 0 Å². The first-order chi connectivity index (χ1) is 8.32. The van der Waals surface area contributed by atoms with E-state index in [1.54, 1.807) is 4.98 Å². The Morgan fingerprint density at radius 2 is 1.83 bits per heavy atom. The summed E-state index contributed by atoms with van der Waals surface area (Å²) in [5.74, 6) is 0. The molecule has 0 saturated carbocycles. The van der Waals surface area contributed by atoms with E-state index in [2.05, 4.69) is 4.98 Å². The van der Waals surface area contributed by atoms with Gasteiger partial charge in [0, 0.05) is 0 Å². The predicted octanol–water partition coefficient (Wildman–Crippen LogP) is 1.11. The lowest BCUT2D eigenvalue weighted by atomic mass is 10.1. The van der Waals surface area contributed by atoms with Crippen molar-refractivity contribution >= 4 is 10.9 Å². The maximum absolute atomic E-state index is 12.5. The third-order valence-corrected chi connectivity index (χ3v) is 2.30. The second kappa shape index (κ2) is 3.73. The van der Waals surface area contributed by atoms with Crippen LogP contribution in [-0.2, 0) is 6.18 Å². The Balaban J connectivity index is 2.99. The van der Waals surface area contributed by atoms with Gasteiger partial charge in [0.15, 0.2) is 0 Å². The van der Waals surface area contributed by atoms with Crippen LogP contribution in [0.2, 0.25) is 0 Å². The predicted molar refractivity (Wildman–Crippen MR) is 54.9 cm³/mol. The molecule has 8 heteroatoms. The molecule has 1 aromatic heterocycles. The summed E-state index contributed by atoms with van der Waals surface area (Å²) in [6, 6.07) is 2.68. The summed E-state index contributed by atoms with van der Waals surface area (Å²) < 4.78 is 37.6. The molecule has 18 heavy (non-hydrogen) atoms. The molecule has 92 valence electrons. The first-order valence-corrected chi connectivity index (χ1v) is 4.60. The van der Waals surface area contributed by atoms with Crippen LogP contribution in [0.1, 0.15) is 11.1 Å². The number of halogens is 3. The van der Waals surface area contributed by atoms with Crippen molar-refractivity contribution in [2.24, 2.45) is 0 Å². The van der Waals surface area contributed by atoms with Crippen molar-refractivity contribution < 1.29 is 13.2 Å². The van der Waals surface area contributed by atoms with E-state index in [0.29, 0.717) is 12.1 Å². The molecule has 0 unspecified atom stereocenters. The Bertz CT molecular complexity index is 780. The molecule has 0 aliphatic carbocycles. The van der Waals surface area contributed by atoms with Gasteiger partial charge in [-0.3, -0.25) is 9.78 Å². The zero-order valence-corrected chi connectivity index (χ0v) is 8.55. The van der Waals surface area contributed by atoms with E-state index in [1.807, 2.05) is 0 Å². The first-order valence-electron chi connectivity index (χ1n) is 4.60. The van der Waals surface area contributed by atoms with E-state index in [4.69, 9.17) is 5.26 Å². The molecule has 0 atom stereocenters. The molecule has 0 amide bonds. The van der Waals surface area contributed by atoms with Crippen LogP contribution in [0.4, 0.5) is 13.2 Å². The molecule has 1 aromatic carbocycles. The van der Waals surface area contributed by atoms with Gasteiger partial charge in [-0.15, -0.1) is 0 Å². The van der Waals surface area contributed by atoms with Crippen molar-refractivity contribution in [3.05, 3.63) is 44.1 Å². The molecule has 2 N–H and O–H groups in total. The fourth-order valence-electron chi connectivity index (χ4n) is 1.52. The molecule has 2 aromatic rings. The quantitative estimate of drug-likeness (QED) is 0.738. The highest BCUT2D eigenvalue weighted by molar-refractivity contribution is 5.84. The van der Waals surface area contributed by atoms with Crippen LogP contribution in [0.3, 0.4) is 0 Å². The van der Waals surface area contributed by atoms with Gasteiger partial charge in [0.25, 0.3) is 5.56 Å². The number of nitriles is 1. The molecular weight excluding hydrogens is 251 g/mol. The summed E-state index contributed by atoms with van der Waals surface area (Å²) in [6.45, 7) is 0. The van der Waals surface area contributed by atoms with Gasteiger partial charge in [-0.1, -0.05) is 0 Å². The Morgan fingerprint density at radius 3 is 2.39 bits per heavy atom. The van der Waals surface area contributed by atoms with Crippen LogP contribution in [0.5, 0.6) is 0 Å². The number of hydrogen-bond acceptors (Lipinski definition) is 3. The van der Waals surface area contributed by atoms with Crippen molar-refractivity contribution in [1.82, 2.24) is 9.97 Å². The molecule has 1 heterocycles. The minimum Gasteiger partial charge on any atom is -0.306 e. The first kappa shape index (κ1) is 11.9. The Labute approximate surface area is 96.5 Å². The second-order valence-electron chi connectivity index (χ2n) is 3.46. The fourth-order valence-corrected chi connectivity index (χ4v) is 1.52. The summed E-state index contributed by atoms with van der Waals surface area (Å²) in [6.07, 6.45) is -4.68. The Morgan fingerprint density at radius 1 is 1.17 bits per heavy atom. The molecule has 0 spiro atoms. The Hall–Kier alpha value is -2.56. The van der Waals surface area contributed by atoms with E-state index >= 15 is 0 Å². The van der Waals surface area contributed by atoms with Gasteiger partial charge in [-0.2, -0.15) is 18.4 Å². The lowest BCUT2D eigenvalue weighted by Crippen LogP contribution is -2.23. The molecule has 0 radical (unpaired) electrons. The van der Waals surface area contributed by atoms with Crippen LogP contribution in [0.25, 0.3) is 10.9 Å². The molecule has 0 fully saturated rings. The van der Waals surface area contributed by atoms with Gasteiger partial charge in [0.05, 0.1) is 22.0 Å². The van der Waals surface area contributed by atoms with Crippen molar-refractivity contribution in [2.45, 2.75) is 6.18 Å². The minimum atomic E-state index is -4.68. The van der Waals surface area contributed by atoms with Crippen LogP contribution in [0, 0.1) is 11.3 Å². The standard InChI is InChI=1S/C10H4F3N3O2/c11-10(12,13)5-1-4(3-14)7-6(2-5)8(17)16-9(18)15-7/h1-2H,(H2,15,16,17,18). The zero-order valence-electron chi connectivity index (χ0n) is 8.55. The molecule has 2 rings (SSSR count). The molecular formula is C10H4F3N3O2. The van der Waals surface area contributed by atoms with E-state index < -0.39 is 28.6 Å². The topological polar surface area (TPSA) is 89.5 Å². The average molecular weight is 255 g/mol. The monoisotopic (exact) mass is 255 g/mol. The van der Waals surface area contributed by atoms with Gasteiger partial charge >= 0.3 is 11.9 Å². The third-order valence-electron chi connectivity index (χ3n) is 2.30. The SMILES string of the molecule is N#Cc1cc(C(F)(F)F)cc2c(=O)[nH]c(=O)[nH]c12.